The minimum Gasteiger partial charge on any atom is -0.459 e. The molecule has 2 unspecified atom stereocenters. The number of rotatable bonds is 5. The molecule has 0 aromatic heterocycles. The van der Waals surface area contributed by atoms with Crippen LogP contribution in [0.4, 0.5) is 5.69 Å². The van der Waals surface area contributed by atoms with E-state index in [1.807, 2.05) is 30.3 Å². The molecule has 2 N–H and O–H groups in total. The van der Waals surface area contributed by atoms with Gasteiger partial charge in [-0.25, -0.2) is 4.79 Å². The molecule has 3 aromatic rings. The Morgan fingerprint density at radius 2 is 1.41 bits per heavy atom. The highest BCUT2D eigenvalue weighted by molar-refractivity contribution is 7.99. The van der Waals surface area contributed by atoms with E-state index in [1.165, 1.54) is 11.8 Å². The zero-order chi connectivity index (χ0) is 27.1. The third kappa shape index (κ3) is 4.79. The molecule has 4 atom stereocenters. The maximum absolute atomic E-state index is 13.6. The predicted molar refractivity (Wildman–Crippen MR) is 149 cm³/mol. The third-order valence-electron chi connectivity index (χ3n) is 8.52. The van der Waals surface area contributed by atoms with Gasteiger partial charge in [0, 0.05) is 33.6 Å². The van der Waals surface area contributed by atoms with Crippen molar-refractivity contribution in [1.82, 2.24) is 0 Å². The van der Waals surface area contributed by atoms with Gasteiger partial charge in [0.1, 0.15) is 6.10 Å². The number of benzene rings is 3. The summed E-state index contributed by atoms with van der Waals surface area (Å²) < 4.78 is 11.6. The smallest absolute Gasteiger partial charge is 0.340 e. The van der Waals surface area contributed by atoms with E-state index >= 15 is 0 Å². The monoisotopic (exact) mass is 541 g/mol. The van der Waals surface area contributed by atoms with Crippen LogP contribution in [0.25, 0.3) is 0 Å². The Morgan fingerprint density at radius 3 is 2.08 bits per heavy atom. The number of ketones is 2. The van der Waals surface area contributed by atoms with Gasteiger partial charge < -0.3 is 15.2 Å². The Balaban J connectivity index is 1.34. The fraction of sp³-hybridized carbons (Fsp3) is 0.344. The van der Waals surface area contributed by atoms with Gasteiger partial charge in [0.05, 0.1) is 22.9 Å². The first kappa shape index (κ1) is 25.8. The van der Waals surface area contributed by atoms with Crippen LogP contribution in [0.1, 0.15) is 80.7 Å². The molecule has 0 amide bonds. The largest absolute Gasteiger partial charge is 0.459 e. The number of anilines is 1. The van der Waals surface area contributed by atoms with Crippen molar-refractivity contribution in [1.29, 1.82) is 0 Å². The van der Waals surface area contributed by atoms with E-state index in [-0.39, 0.29) is 40.0 Å². The minimum atomic E-state index is -0.543. The van der Waals surface area contributed by atoms with Gasteiger partial charge in [-0.2, -0.15) is 0 Å². The average Bonchev–Trinajstić information content (AvgIpc) is 2.96. The van der Waals surface area contributed by atoms with E-state index in [4.69, 9.17) is 15.2 Å². The number of methoxy groups -OCH3 is 1. The van der Waals surface area contributed by atoms with Crippen LogP contribution in [-0.2, 0) is 9.47 Å². The van der Waals surface area contributed by atoms with E-state index < -0.39 is 5.97 Å². The summed E-state index contributed by atoms with van der Waals surface area (Å²) in [5.41, 5.74) is 7.65. The topological polar surface area (TPSA) is 95.7 Å². The van der Waals surface area contributed by atoms with Gasteiger partial charge in [0.2, 0.25) is 0 Å². The van der Waals surface area contributed by atoms with E-state index in [0.29, 0.717) is 34.0 Å². The van der Waals surface area contributed by atoms with Crippen molar-refractivity contribution in [3.05, 3.63) is 88.5 Å². The summed E-state index contributed by atoms with van der Waals surface area (Å²) in [7, 11) is 1.78. The second-order valence-electron chi connectivity index (χ2n) is 10.7. The van der Waals surface area contributed by atoms with Crippen LogP contribution >= 0.6 is 11.8 Å². The number of carbonyl (C=O) groups excluding carboxylic acids is 3. The molecule has 3 aromatic carbocycles. The Morgan fingerprint density at radius 1 is 0.821 bits per heavy atom. The second kappa shape index (κ2) is 10.6. The van der Waals surface area contributed by atoms with Crippen LogP contribution in [0.5, 0.6) is 0 Å². The maximum Gasteiger partial charge on any atom is 0.340 e. The zero-order valence-electron chi connectivity index (χ0n) is 21.9. The Kier molecular flexibility index (Phi) is 7.04. The highest BCUT2D eigenvalue weighted by atomic mass is 32.2. The predicted octanol–water partition coefficient (Wildman–Crippen LogP) is 6.34. The molecule has 2 fully saturated rings. The zero-order valence-corrected chi connectivity index (χ0v) is 22.7. The quantitative estimate of drug-likeness (QED) is 0.233. The lowest BCUT2D eigenvalue weighted by Crippen LogP contribution is -2.37. The SMILES string of the molecule is COC1CCC2C[C@H](OC(=O)c3cc(Sc4ccccc4)c4c(c3N)C(=O)c3ccccc3C4=O)CC[C@@H]2C1. The number of hydrogen-bond acceptors (Lipinski definition) is 7. The summed E-state index contributed by atoms with van der Waals surface area (Å²) in [5, 5.41) is 0. The summed E-state index contributed by atoms with van der Waals surface area (Å²) in [4.78, 5) is 42.3. The number of ether oxygens (including phenoxy) is 2. The molecule has 3 aliphatic rings. The molecule has 0 bridgehead atoms. The standard InChI is InChI=1S/C32H31NO5S/c1-37-20-13-11-19-16-21(14-12-18(19)15-20)38-32(36)25-17-26(39-22-7-3-2-4-8-22)27-28(29(25)33)31(35)24-10-6-5-9-23(24)30(27)34/h2-10,17-21H,11-16,33H2,1H3/t18-,19?,20?,21-/m1/s1. The van der Waals surface area contributed by atoms with Gasteiger partial charge in [-0.1, -0.05) is 54.2 Å². The molecule has 2 saturated carbocycles. The van der Waals surface area contributed by atoms with Crippen LogP contribution in [0.15, 0.2) is 70.5 Å². The first-order valence-corrected chi connectivity index (χ1v) is 14.4. The molecule has 6 rings (SSSR count). The van der Waals surface area contributed by atoms with E-state index in [1.54, 1.807) is 37.4 Å². The summed E-state index contributed by atoms with van der Waals surface area (Å²) in [6.07, 6.45) is 5.93. The average molecular weight is 542 g/mol. The number of hydrogen-bond donors (Lipinski definition) is 1. The lowest BCUT2D eigenvalue weighted by Gasteiger charge is -2.41. The molecule has 0 saturated heterocycles. The van der Waals surface area contributed by atoms with Crippen LogP contribution in [0.3, 0.4) is 0 Å². The van der Waals surface area contributed by atoms with Gasteiger partial charge in [0.15, 0.2) is 11.6 Å². The fourth-order valence-corrected chi connectivity index (χ4v) is 7.51. The maximum atomic E-state index is 13.6. The molecular formula is C32H31NO5S. The Hall–Kier alpha value is -3.42. The van der Waals surface area contributed by atoms with Crippen molar-refractivity contribution >= 4 is 35.0 Å². The molecular weight excluding hydrogens is 510 g/mol. The highest BCUT2D eigenvalue weighted by Gasteiger charge is 2.39. The highest BCUT2D eigenvalue weighted by Crippen LogP contribution is 2.44. The number of fused-ring (bicyclic) bond motifs is 3. The normalized spacial score (nSPS) is 23.9. The van der Waals surface area contributed by atoms with E-state index in [2.05, 4.69) is 0 Å². The van der Waals surface area contributed by atoms with Gasteiger partial charge in [-0.05, 0) is 68.6 Å². The summed E-state index contributed by atoms with van der Waals surface area (Å²) >= 11 is 1.34. The molecule has 3 aliphatic carbocycles. The van der Waals surface area contributed by atoms with E-state index in [0.717, 1.165) is 43.4 Å². The summed E-state index contributed by atoms with van der Waals surface area (Å²) in [6, 6.07) is 17.9. The Bertz CT molecular complexity index is 1450. The van der Waals surface area contributed by atoms with Crippen molar-refractivity contribution in [2.75, 3.05) is 12.8 Å². The summed E-state index contributed by atoms with van der Waals surface area (Å²) in [5.74, 6) is -0.0416. The second-order valence-corrected chi connectivity index (χ2v) is 11.9. The van der Waals surface area contributed by atoms with Gasteiger partial charge in [-0.3, -0.25) is 9.59 Å². The van der Waals surface area contributed by atoms with Crippen molar-refractivity contribution < 1.29 is 23.9 Å². The number of esters is 1. The lowest BCUT2D eigenvalue weighted by molar-refractivity contribution is -0.0274. The van der Waals surface area contributed by atoms with Crippen molar-refractivity contribution in [3.63, 3.8) is 0 Å². The van der Waals surface area contributed by atoms with Crippen LogP contribution in [-0.4, -0.2) is 36.9 Å². The van der Waals surface area contributed by atoms with Gasteiger partial charge in [0.25, 0.3) is 0 Å². The fourth-order valence-electron chi connectivity index (χ4n) is 6.49. The Labute approximate surface area is 232 Å². The molecule has 0 aliphatic heterocycles. The molecule has 0 spiro atoms. The number of nitrogen functional groups attached to an aromatic ring is 1. The minimum absolute atomic E-state index is 0.00885. The first-order valence-electron chi connectivity index (χ1n) is 13.6. The van der Waals surface area contributed by atoms with E-state index in [9.17, 15) is 14.4 Å². The molecule has 6 nitrogen and oxygen atoms in total. The number of nitrogens with two attached hydrogens (primary N) is 1. The number of carbonyl (C=O) groups is 3. The summed E-state index contributed by atoms with van der Waals surface area (Å²) in [6.45, 7) is 0. The first-order chi connectivity index (χ1) is 18.9. The molecule has 200 valence electrons. The van der Waals surface area contributed by atoms with Crippen molar-refractivity contribution in [3.8, 4) is 0 Å². The molecule has 0 heterocycles. The molecule has 7 heteroatoms. The van der Waals surface area contributed by atoms with Crippen molar-refractivity contribution in [2.24, 2.45) is 11.8 Å². The van der Waals surface area contributed by atoms with Gasteiger partial charge >= 0.3 is 5.97 Å². The lowest BCUT2D eigenvalue weighted by atomic mass is 9.69. The van der Waals surface area contributed by atoms with Gasteiger partial charge in [-0.15, -0.1) is 0 Å². The van der Waals surface area contributed by atoms with Crippen LogP contribution in [0.2, 0.25) is 0 Å². The van der Waals surface area contributed by atoms with Crippen LogP contribution in [0, 0.1) is 11.8 Å². The van der Waals surface area contributed by atoms with Crippen molar-refractivity contribution in [2.45, 2.75) is 60.5 Å². The molecule has 0 radical (unpaired) electrons. The van der Waals surface area contributed by atoms with Crippen LogP contribution < -0.4 is 5.73 Å². The molecule has 39 heavy (non-hydrogen) atoms. The third-order valence-corrected chi connectivity index (χ3v) is 9.57.